The fourth-order valence-corrected chi connectivity index (χ4v) is 4.64. The Morgan fingerprint density at radius 1 is 1.27 bits per heavy atom. The van der Waals surface area contributed by atoms with Gasteiger partial charge in [0.1, 0.15) is 5.15 Å². The summed E-state index contributed by atoms with van der Waals surface area (Å²) in [6.45, 7) is 5.28. The number of aryl methyl sites for hydroxylation is 1. The van der Waals surface area contributed by atoms with Crippen LogP contribution in [0.2, 0.25) is 5.15 Å². The molecule has 1 saturated heterocycles. The van der Waals surface area contributed by atoms with Crippen molar-refractivity contribution >= 4 is 29.5 Å². The number of nitrogens with one attached hydrogen (secondary N) is 1. The number of benzene rings is 1. The van der Waals surface area contributed by atoms with E-state index in [1.165, 1.54) is 17.3 Å². The first-order valence-corrected chi connectivity index (χ1v) is 12.2. The van der Waals surface area contributed by atoms with E-state index < -0.39 is 5.91 Å². The van der Waals surface area contributed by atoms with Gasteiger partial charge in [0.05, 0.1) is 28.9 Å². The van der Waals surface area contributed by atoms with Gasteiger partial charge in [-0.25, -0.2) is 14.7 Å². The summed E-state index contributed by atoms with van der Waals surface area (Å²) < 4.78 is 7.73. The van der Waals surface area contributed by atoms with E-state index in [9.17, 15) is 4.79 Å². The van der Waals surface area contributed by atoms with Crippen LogP contribution >= 0.6 is 11.6 Å². The molecule has 1 unspecified atom stereocenters. The second-order valence-electron chi connectivity index (χ2n) is 8.82. The molecule has 192 valence electrons. The zero-order valence-electron chi connectivity index (χ0n) is 20.4. The predicted molar refractivity (Wildman–Crippen MR) is 136 cm³/mol. The minimum absolute atomic E-state index is 0.0448. The Balaban J connectivity index is 1.39. The van der Waals surface area contributed by atoms with Crippen LogP contribution in [0.3, 0.4) is 0 Å². The molecule has 1 atom stereocenters. The normalized spacial score (nSPS) is 16.5. The lowest BCUT2D eigenvalue weighted by atomic mass is 10.0. The van der Waals surface area contributed by atoms with E-state index in [1.807, 2.05) is 37.3 Å². The number of piperidine rings is 1. The number of para-hydroxylation sites is 1. The molecule has 13 nitrogen and oxygen atoms in total. The fraction of sp³-hybridized carbons (Fsp3) is 0.348. The summed E-state index contributed by atoms with van der Waals surface area (Å²) >= 11 is 6.55. The Bertz CT molecular complexity index is 1430. The van der Waals surface area contributed by atoms with Crippen molar-refractivity contribution in [3.05, 3.63) is 58.1 Å². The number of nitrogens with zero attached hydrogens (tertiary/aromatic N) is 9. The summed E-state index contributed by atoms with van der Waals surface area (Å²) in [5.41, 5.74) is 11.1. The van der Waals surface area contributed by atoms with Crippen molar-refractivity contribution in [3.8, 4) is 11.5 Å². The van der Waals surface area contributed by atoms with Crippen molar-refractivity contribution in [1.82, 2.24) is 45.4 Å². The van der Waals surface area contributed by atoms with Crippen LogP contribution in [0.5, 0.6) is 0 Å². The molecule has 1 fully saturated rings. The molecule has 1 amide bonds. The van der Waals surface area contributed by atoms with Gasteiger partial charge in [-0.1, -0.05) is 41.4 Å². The van der Waals surface area contributed by atoms with Gasteiger partial charge in [-0.05, 0) is 55.7 Å². The highest BCUT2D eigenvalue weighted by molar-refractivity contribution is 6.32. The van der Waals surface area contributed by atoms with E-state index in [4.69, 9.17) is 22.0 Å². The number of hydrogen-bond acceptors (Lipinski definition) is 10. The summed E-state index contributed by atoms with van der Waals surface area (Å²) in [5.74, 6) is -0.324. The van der Waals surface area contributed by atoms with Crippen LogP contribution in [0.25, 0.3) is 11.5 Å². The molecule has 3 N–H and O–H groups in total. The van der Waals surface area contributed by atoms with Crippen LogP contribution in [-0.2, 0) is 6.54 Å². The molecule has 4 heterocycles. The third kappa shape index (κ3) is 4.95. The second kappa shape index (κ2) is 10.5. The molecule has 0 radical (unpaired) electrons. The summed E-state index contributed by atoms with van der Waals surface area (Å²) in [4.78, 5) is 15.4. The number of amides is 1. The highest BCUT2D eigenvalue weighted by atomic mass is 35.5. The van der Waals surface area contributed by atoms with Crippen molar-refractivity contribution in [3.63, 3.8) is 0 Å². The minimum Gasteiger partial charge on any atom is -0.378 e. The highest BCUT2D eigenvalue weighted by Gasteiger charge is 2.28. The molecule has 1 aliphatic rings. The molecule has 1 aliphatic heterocycles. The maximum atomic E-state index is 13.1. The molecule has 0 spiro atoms. The number of likely N-dealkylation sites (tertiary alicyclic amines) is 1. The number of rotatable bonds is 7. The Labute approximate surface area is 217 Å². The number of aromatic nitrogens is 7. The van der Waals surface area contributed by atoms with Crippen molar-refractivity contribution < 1.29 is 9.42 Å². The summed E-state index contributed by atoms with van der Waals surface area (Å²) in [5, 5.41) is 24.6. The number of hydrogen-bond donors (Lipinski definition) is 2. The lowest BCUT2D eigenvalue weighted by Gasteiger charge is -2.33. The molecule has 4 aromatic rings. The lowest BCUT2D eigenvalue weighted by Crippen LogP contribution is -2.38. The Kier molecular flexibility index (Phi) is 6.97. The van der Waals surface area contributed by atoms with E-state index in [0.717, 1.165) is 25.1 Å². The van der Waals surface area contributed by atoms with E-state index in [-0.39, 0.29) is 17.3 Å². The summed E-state index contributed by atoms with van der Waals surface area (Å²) in [6.07, 6.45) is 4.76. The van der Waals surface area contributed by atoms with Crippen LogP contribution in [0, 0.1) is 6.92 Å². The Morgan fingerprint density at radius 2 is 2.08 bits per heavy atom. The number of carbonyl (C=O) groups is 1. The first-order valence-electron chi connectivity index (χ1n) is 11.8. The molecule has 0 aliphatic carbocycles. The number of carbonyl (C=O) groups excluding carboxylic acids is 1. The van der Waals surface area contributed by atoms with Crippen LogP contribution < -0.4 is 11.2 Å². The van der Waals surface area contributed by atoms with Crippen LogP contribution in [-0.4, -0.2) is 64.7 Å². The SMILES string of the molecule is Cc1nn(-c2ccccc2)c(Cl)c1C=NNC(=O)c1nnn(-c2nonc2N)c1CN1CCCCC1C. The molecular weight excluding hydrogens is 498 g/mol. The standard InChI is InChI=1S/C23H26ClN11O2/c1-14-8-6-7-11-33(14)13-18-19(27-32-35(18)22-21(25)30-37-31-22)23(36)28-26-12-17-15(2)29-34(20(17)24)16-9-4-3-5-10-16/h3-5,9-10,12,14H,6-8,11,13H2,1-2H3,(H2,25,30)(H,28,36). The smallest absolute Gasteiger partial charge is 0.293 e. The molecule has 14 heteroatoms. The van der Waals surface area contributed by atoms with E-state index in [1.54, 1.807) is 4.68 Å². The largest absolute Gasteiger partial charge is 0.378 e. The van der Waals surface area contributed by atoms with Gasteiger partial charge in [-0.2, -0.15) is 14.9 Å². The number of hydrazone groups is 1. The predicted octanol–water partition coefficient (Wildman–Crippen LogP) is 2.52. The Hall–Kier alpha value is -4.10. The van der Waals surface area contributed by atoms with Gasteiger partial charge in [0.25, 0.3) is 5.91 Å². The van der Waals surface area contributed by atoms with Crippen molar-refractivity contribution in [2.24, 2.45) is 5.10 Å². The van der Waals surface area contributed by atoms with E-state index in [2.05, 4.69) is 48.1 Å². The fourth-order valence-electron chi connectivity index (χ4n) is 4.32. The Morgan fingerprint density at radius 3 is 2.81 bits per heavy atom. The van der Waals surface area contributed by atoms with Gasteiger partial charge in [-0.15, -0.1) is 5.10 Å². The number of nitrogen functional groups attached to an aromatic ring is 1. The highest BCUT2D eigenvalue weighted by Crippen LogP contribution is 2.24. The van der Waals surface area contributed by atoms with Crippen LogP contribution in [0.1, 0.15) is 53.6 Å². The quantitative estimate of drug-likeness (QED) is 0.274. The van der Waals surface area contributed by atoms with Crippen molar-refractivity contribution in [2.75, 3.05) is 12.3 Å². The van der Waals surface area contributed by atoms with Gasteiger partial charge >= 0.3 is 0 Å². The average Bonchev–Trinajstić information content (AvgIpc) is 3.59. The second-order valence-corrected chi connectivity index (χ2v) is 9.18. The van der Waals surface area contributed by atoms with E-state index in [0.29, 0.717) is 34.7 Å². The molecular formula is C23H26ClN11O2. The van der Waals surface area contributed by atoms with Gasteiger partial charge in [0.2, 0.25) is 11.6 Å². The maximum Gasteiger partial charge on any atom is 0.293 e. The van der Waals surface area contributed by atoms with Gasteiger partial charge < -0.3 is 5.73 Å². The third-order valence-corrected chi connectivity index (χ3v) is 6.74. The summed E-state index contributed by atoms with van der Waals surface area (Å²) in [7, 11) is 0. The molecule has 37 heavy (non-hydrogen) atoms. The minimum atomic E-state index is -0.540. The van der Waals surface area contributed by atoms with Crippen LogP contribution in [0.4, 0.5) is 5.82 Å². The molecule has 0 bridgehead atoms. The van der Waals surface area contributed by atoms with E-state index >= 15 is 0 Å². The molecule has 3 aromatic heterocycles. The topological polar surface area (TPSA) is 158 Å². The third-order valence-electron chi connectivity index (χ3n) is 6.38. The number of anilines is 1. The van der Waals surface area contributed by atoms with Crippen molar-refractivity contribution in [2.45, 2.75) is 45.7 Å². The zero-order chi connectivity index (χ0) is 25.9. The number of halogens is 1. The first kappa shape index (κ1) is 24.6. The zero-order valence-corrected chi connectivity index (χ0v) is 21.1. The average molecular weight is 524 g/mol. The monoisotopic (exact) mass is 523 g/mol. The van der Waals surface area contributed by atoms with Gasteiger partial charge in [0.15, 0.2) is 5.69 Å². The maximum absolute atomic E-state index is 13.1. The van der Waals surface area contributed by atoms with Gasteiger partial charge in [-0.3, -0.25) is 9.69 Å². The number of nitrogens with two attached hydrogens (primary N) is 1. The summed E-state index contributed by atoms with van der Waals surface area (Å²) in [6, 6.07) is 9.84. The molecule has 5 rings (SSSR count). The van der Waals surface area contributed by atoms with Crippen molar-refractivity contribution in [1.29, 1.82) is 0 Å². The first-order chi connectivity index (χ1) is 17.9. The molecule has 0 saturated carbocycles. The van der Waals surface area contributed by atoms with Crippen LogP contribution in [0.15, 0.2) is 40.1 Å². The van der Waals surface area contributed by atoms with Gasteiger partial charge in [0, 0.05) is 12.6 Å². The lowest BCUT2D eigenvalue weighted by molar-refractivity contribution is 0.0945. The molecule has 1 aromatic carbocycles.